The third-order valence-electron chi connectivity index (χ3n) is 2.61. The lowest BCUT2D eigenvalue weighted by molar-refractivity contribution is 0.627. The van der Waals surface area contributed by atoms with Crippen LogP contribution in [0.3, 0.4) is 0 Å². The molecule has 1 aromatic carbocycles. The Morgan fingerprint density at radius 1 is 1.35 bits per heavy atom. The number of thiazole rings is 1. The summed E-state index contributed by atoms with van der Waals surface area (Å²) >= 11 is 1.50. The molecule has 2 nitrogen and oxygen atoms in total. The summed E-state index contributed by atoms with van der Waals surface area (Å²) in [5.74, 6) is 0.126. The lowest BCUT2D eigenvalue weighted by atomic mass is 10.1. The molecule has 17 heavy (non-hydrogen) atoms. The standard InChI is InChI=1S/C13H15FN2S/c1-7(2)13-16-11(12(15)17-13)10-5-4-9(14)6-8(10)3/h4-7H,15H2,1-3H3. The monoisotopic (exact) mass is 250 g/mol. The molecule has 0 saturated carbocycles. The highest BCUT2D eigenvalue weighted by Crippen LogP contribution is 2.35. The number of benzene rings is 1. The van der Waals surface area contributed by atoms with Gasteiger partial charge >= 0.3 is 0 Å². The molecule has 1 aromatic heterocycles. The molecule has 0 unspecified atom stereocenters. The van der Waals surface area contributed by atoms with E-state index in [4.69, 9.17) is 5.73 Å². The van der Waals surface area contributed by atoms with Crippen LogP contribution in [-0.4, -0.2) is 4.98 Å². The van der Waals surface area contributed by atoms with Gasteiger partial charge in [-0.1, -0.05) is 13.8 Å². The minimum atomic E-state index is -0.232. The Morgan fingerprint density at radius 3 is 2.59 bits per heavy atom. The second-order valence-electron chi connectivity index (χ2n) is 4.38. The molecule has 0 atom stereocenters. The van der Waals surface area contributed by atoms with E-state index >= 15 is 0 Å². The van der Waals surface area contributed by atoms with Crippen molar-refractivity contribution in [3.8, 4) is 11.3 Å². The van der Waals surface area contributed by atoms with Gasteiger partial charge in [-0.3, -0.25) is 0 Å². The van der Waals surface area contributed by atoms with Crippen LogP contribution in [-0.2, 0) is 0 Å². The molecule has 4 heteroatoms. The van der Waals surface area contributed by atoms with Crippen LogP contribution in [0, 0.1) is 12.7 Å². The van der Waals surface area contributed by atoms with Crippen LogP contribution in [0.4, 0.5) is 9.39 Å². The summed E-state index contributed by atoms with van der Waals surface area (Å²) in [5.41, 5.74) is 8.52. The lowest BCUT2D eigenvalue weighted by Crippen LogP contribution is -1.91. The van der Waals surface area contributed by atoms with E-state index in [1.807, 2.05) is 6.92 Å². The molecule has 2 aromatic rings. The molecule has 0 saturated heterocycles. The van der Waals surface area contributed by atoms with E-state index in [0.29, 0.717) is 10.9 Å². The first-order valence-electron chi connectivity index (χ1n) is 5.51. The highest BCUT2D eigenvalue weighted by Gasteiger charge is 2.14. The number of rotatable bonds is 2. The summed E-state index contributed by atoms with van der Waals surface area (Å²) in [6, 6.07) is 4.68. The molecule has 0 aliphatic carbocycles. The molecule has 2 rings (SSSR count). The van der Waals surface area contributed by atoms with Crippen LogP contribution in [0.5, 0.6) is 0 Å². The zero-order valence-electron chi connectivity index (χ0n) is 10.1. The summed E-state index contributed by atoms with van der Waals surface area (Å²) in [7, 11) is 0. The molecule has 2 N–H and O–H groups in total. The smallest absolute Gasteiger partial charge is 0.123 e. The number of nitrogens with two attached hydrogens (primary N) is 1. The molecule has 0 spiro atoms. The third-order valence-corrected chi connectivity index (χ3v) is 3.79. The molecule has 0 radical (unpaired) electrons. The summed E-state index contributed by atoms with van der Waals surface area (Å²) in [6.07, 6.45) is 0. The molecular formula is C13H15FN2S. The largest absolute Gasteiger partial charge is 0.389 e. The fraction of sp³-hybridized carbons (Fsp3) is 0.308. The highest BCUT2D eigenvalue weighted by atomic mass is 32.1. The van der Waals surface area contributed by atoms with Gasteiger partial charge in [-0.15, -0.1) is 11.3 Å². The van der Waals surface area contributed by atoms with Crippen LogP contribution in [0.2, 0.25) is 0 Å². The van der Waals surface area contributed by atoms with Crippen molar-refractivity contribution in [1.82, 2.24) is 4.98 Å². The van der Waals surface area contributed by atoms with Gasteiger partial charge in [0.25, 0.3) is 0 Å². The number of aryl methyl sites for hydroxylation is 1. The van der Waals surface area contributed by atoms with Gasteiger partial charge in [-0.05, 0) is 30.7 Å². The fourth-order valence-corrected chi connectivity index (χ4v) is 2.53. The summed E-state index contributed by atoms with van der Waals surface area (Å²) in [6.45, 7) is 6.03. The number of nitrogens with zero attached hydrogens (tertiary/aromatic N) is 1. The molecule has 0 aliphatic heterocycles. The Labute approximate surface area is 104 Å². The van der Waals surface area contributed by atoms with Crippen molar-refractivity contribution in [2.75, 3.05) is 5.73 Å². The number of hydrogen-bond donors (Lipinski definition) is 1. The Bertz CT molecular complexity index is 546. The van der Waals surface area contributed by atoms with Gasteiger partial charge in [0, 0.05) is 11.5 Å². The highest BCUT2D eigenvalue weighted by molar-refractivity contribution is 7.16. The summed E-state index contributed by atoms with van der Waals surface area (Å²) in [4.78, 5) is 4.54. The molecule has 0 fully saturated rings. The van der Waals surface area contributed by atoms with Crippen LogP contribution in [0.15, 0.2) is 18.2 Å². The van der Waals surface area contributed by atoms with Gasteiger partial charge < -0.3 is 5.73 Å². The van der Waals surface area contributed by atoms with Gasteiger partial charge in [0.15, 0.2) is 0 Å². The van der Waals surface area contributed by atoms with E-state index in [0.717, 1.165) is 21.8 Å². The van der Waals surface area contributed by atoms with Gasteiger partial charge in [0.05, 0.1) is 5.01 Å². The zero-order valence-corrected chi connectivity index (χ0v) is 10.9. The second-order valence-corrected chi connectivity index (χ2v) is 5.44. The van der Waals surface area contributed by atoms with Crippen molar-refractivity contribution in [3.63, 3.8) is 0 Å². The molecule has 0 aliphatic rings. The predicted molar refractivity (Wildman–Crippen MR) is 70.7 cm³/mol. The molecule has 90 valence electrons. The SMILES string of the molecule is Cc1cc(F)ccc1-c1nc(C(C)C)sc1N. The predicted octanol–water partition coefficient (Wildman–Crippen LogP) is 3.96. The van der Waals surface area contributed by atoms with E-state index in [-0.39, 0.29) is 5.82 Å². The van der Waals surface area contributed by atoms with Gasteiger partial charge in [-0.2, -0.15) is 0 Å². The minimum Gasteiger partial charge on any atom is -0.389 e. The van der Waals surface area contributed by atoms with E-state index in [9.17, 15) is 4.39 Å². The van der Waals surface area contributed by atoms with E-state index in [1.54, 1.807) is 6.07 Å². The molecular weight excluding hydrogens is 235 g/mol. The quantitative estimate of drug-likeness (QED) is 0.876. The van der Waals surface area contributed by atoms with Crippen LogP contribution in [0.25, 0.3) is 11.3 Å². The van der Waals surface area contributed by atoms with Crippen LogP contribution in [0.1, 0.15) is 30.3 Å². The summed E-state index contributed by atoms with van der Waals surface area (Å²) in [5, 5.41) is 1.71. The summed E-state index contributed by atoms with van der Waals surface area (Å²) < 4.78 is 13.0. The van der Waals surface area contributed by atoms with Crippen molar-refractivity contribution in [2.45, 2.75) is 26.7 Å². The number of hydrogen-bond acceptors (Lipinski definition) is 3. The third kappa shape index (κ3) is 2.31. The van der Waals surface area contributed by atoms with E-state index < -0.39 is 0 Å². The van der Waals surface area contributed by atoms with Crippen LogP contribution >= 0.6 is 11.3 Å². The van der Waals surface area contributed by atoms with E-state index in [1.165, 1.54) is 23.5 Å². The van der Waals surface area contributed by atoms with Gasteiger partial charge in [0.2, 0.25) is 0 Å². The van der Waals surface area contributed by atoms with Crippen molar-refractivity contribution in [1.29, 1.82) is 0 Å². The van der Waals surface area contributed by atoms with Crippen molar-refractivity contribution in [3.05, 3.63) is 34.6 Å². The Balaban J connectivity index is 2.52. The van der Waals surface area contributed by atoms with Crippen molar-refractivity contribution in [2.24, 2.45) is 0 Å². The first kappa shape index (κ1) is 12.0. The second kappa shape index (κ2) is 4.45. The maximum absolute atomic E-state index is 13.0. The van der Waals surface area contributed by atoms with Crippen LogP contribution < -0.4 is 5.73 Å². The number of halogens is 1. The Kier molecular flexibility index (Phi) is 3.15. The molecule has 0 amide bonds. The number of anilines is 1. The Hall–Kier alpha value is -1.42. The molecule has 1 heterocycles. The molecule has 0 bridgehead atoms. The maximum atomic E-state index is 13.0. The van der Waals surface area contributed by atoms with Crippen molar-refractivity contribution >= 4 is 16.3 Å². The maximum Gasteiger partial charge on any atom is 0.123 e. The van der Waals surface area contributed by atoms with E-state index in [2.05, 4.69) is 18.8 Å². The normalized spacial score (nSPS) is 11.1. The lowest BCUT2D eigenvalue weighted by Gasteiger charge is -2.03. The average molecular weight is 250 g/mol. The minimum absolute atomic E-state index is 0.232. The zero-order chi connectivity index (χ0) is 12.6. The Morgan fingerprint density at radius 2 is 2.06 bits per heavy atom. The number of aromatic nitrogens is 1. The van der Waals surface area contributed by atoms with Crippen molar-refractivity contribution < 1.29 is 4.39 Å². The topological polar surface area (TPSA) is 38.9 Å². The average Bonchev–Trinajstić information content (AvgIpc) is 2.61. The first-order valence-corrected chi connectivity index (χ1v) is 6.33. The van der Waals surface area contributed by atoms with Gasteiger partial charge in [-0.25, -0.2) is 9.37 Å². The van der Waals surface area contributed by atoms with Gasteiger partial charge in [0.1, 0.15) is 16.5 Å². The first-order chi connectivity index (χ1) is 7.99. The fourth-order valence-electron chi connectivity index (χ4n) is 1.68. The number of nitrogen functional groups attached to an aromatic ring is 1.